The number of nitrogen functional groups attached to an aromatic ring is 1. The van der Waals surface area contributed by atoms with Gasteiger partial charge in [-0.1, -0.05) is 6.07 Å². The number of likely N-dealkylation sites (tertiary alicyclic amines) is 1. The SMILES string of the molecule is Nc1c(C(=O)N2CCCCC2)sc2nc(-c3cccs3)c3c(c12)CCCC3. The molecule has 2 aliphatic rings. The molecule has 3 aromatic rings. The summed E-state index contributed by atoms with van der Waals surface area (Å²) >= 11 is 3.22. The van der Waals surface area contributed by atoms with E-state index in [4.69, 9.17) is 10.7 Å². The monoisotopic (exact) mass is 397 g/mol. The Hall–Kier alpha value is -1.92. The van der Waals surface area contributed by atoms with Crippen molar-refractivity contribution >= 4 is 44.5 Å². The van der Waals surface area contributed by atoms with Crippen LogP contribution in [0, 0.1) is 0 Å². The van der Waals surface area contributed by atoms with E-state index in [0.717, 1.165) is 54.7 Å². The first kappa shape index (κ1) is 17.2. The Morgan fingerprint density at radius 3 is 2.59 bits per heavy atom. The van der Waals surface area contributed by atoms with Gasteiger partial charge in [-0.3, -0.25) is 4.79 Å². The molecule has 4 heterocycles. The van der Waals surface area contributed by atoms with Crippen molar-refractivity contribution in [1.82, 2.24) is 9.88 Å². The van der Waals surface area contributed by atoms with Gasteiger partial charge in [-0.25, -0.2) is 4.98 Å². The fourth-order valence-electron chi connectivity index (χ4n) is 4.43. The lowest BCUT2D eigenvalue weighted by Gasteiger charge is -2.26. The number of thiophene rings is 2. The number of carbonyl (C=O) groups is 1. The van der Waals surface area contributed by atoms with Crippen LogP contribution in [0.1, 0.15) is 52.9 Å². The lowest BCUT2D eigenvalue weighted by atomic mass is 9.88. The zero-order chi connectivity index (χ0) is 18.4. The van der Waals surface area contributed by atoms with E-state index >= 15 is 0 Å². The van der Waals surface area contributed by atoms with E-state index in [0.29, 0.717) is 10.6 Å². The number of piperidine rings is 1. The number of nitrogens with two attached hydrogens (primary N) is 1. The molecule has 27 heavy (non-hydrogen) atoms. The van der Waals surface area contributed by atoms with Gasteiger partial charge in [0.2, 0.25) is 0 Å². The van der Waals surface area contributed by atoms with Crippen molar-refractivity contribution < 1.29 is 4.79 Å². The molecular formula is C21H23N3OS2. The third-order valence-electron chi connectivity index (χ3n) is 5.79. The number of pyridine rings is 1. The fourth-order valence-corrected chi connectivity index (χ4v) is 6.27. The zero-order valence-electron chi connectivity index (χ0n) is 15.3. The quantitative estimate of drug-likeness (QED) is 0.653. The first-order chi connectivity index (χ1) is 13.2. The maximum atomic E-state index is 13.1. The summed E-state index contributed by atoms with van der Waals surface area (Å²) in [7, 11) is 0. The third kappa shape index (κ3) is 2.86. The van der Waals surface area contributed by atoms with Gasteiger partial charge in [0.05, 0.1) is 16.3 Å². The van der Waals surface area contributed by atoms with Crippen LogP contribution < -0.4 is 5.73 Å². The van der Waals surface area contributed by atoms with Crippen LogP contribution in [0.4, 0.5) is 5.69 Å². The number of aryl methyl sites for hydroxylation is 1. The van der Waals surface area contributed by atoms with Crippen LogP contribution in [0.5, 0.6) is 0 Å². The molecule has 0 aromatic carbocycles. The largest absolute Gasteiger partial charge is 0.397 e. The number of amides is 1. The topological polar surface area (TPSA) is 59.2 Å². The molecule has 1 amide bonds. The molecular weight excluding hydrogens is 374 g/mol. The van der Waals surface area contributed by atoms with Gasteiger partial charge in [0.25, 0.3) is 5.91 Å². The molecule has 0 bridgehead atoms. The second-order valence-corrected chi connectivity index (χ2v) is 9.43. The first-order valence-electron chi connectivity index (χ1n) is 9.81. The second kappa shape index (κ2) is 6.91. The van der Waals surface area contributed by atoms with Crippen LogP contribution in [0.2, 0.25) is 0 Å². The summed E-state index contributed by atoms with van der Waals surface area (Å²) < 4.78 is 0. The number of anilines is 1. The van der Waals surface area contributed by atoms with Crippen molar-refractivity contribution in [3.63, 3.8) is 0 Å². The smallest absolute Gasteiger partial charge is 0.266 e. The van der Waals surface area contributed by atoms with E-state index in [-0.39, 0.29) is 5.91 Å². The van der Waals surface area contributed by atoms with Crippen molar-refractivity contribution in [3.8, 4) is 10.6 Å². The second-order valence-electron chi connectivity index (χ2n) is 7.48. The molecule has 1 aliphatic heterocycles. The standard InChI is InChI=1S/C21H23N3OS2/c22-17-16-13-7-2-3-8-14(13)18(15-9-6-12-26-15)23-20(16)27-19(17)21(25)24-10-4-1-5-11-24/h6,9,12H,1-5,7-8,10-11,22H2. The number of fused-ring (bicyclic) bond motifs is 3. The molecule has 0 unspecified atom stereocenters. The molecule has 140 valence electrons. The minimum atomic E-state index is 0.0948. The van der Waals surface area contributed by atoms with Crippen LogP contribution in [0.3, 0.4) is 0 Å². The van der Waals surface area contributed by atoms with E-state index in [1.807, 2.05) is 4.90 Å². The molecule has 0 radical (unpaired) electrons. The molecule has 3 aromatic heterocycles. The van der Waals surface area contributed by atoms with Crippen LogP contribution in [-0.2, 0) is 12.8 Å². The van der Waals surface area contributed by atoms with E-state index in [2.05, 4.69) is 17.5 Å². The predicted molar refractivity (Wildman–Crippen MR) is 114 cm³/mol. The van der Waals surface area contributed by atoms with Gasteiger partial charge in [-0.2, -0.15) is 0 Å². The highest BCUT2D eigenvalue weighted by Gasteiger charge is 2.28. The van der Waals surface area contributed by atoms with E-state index in [1.54, 1.807) is 11.3 Å². The van der Waals surface area contributed by atoms with Crippen LogP contribution in [0.25, 0.3) is 20.8 Å². The van der Waals surface area contributed by atoms with Crippen molar-refractivity contribution in [1.29, 1.82) is 0 Å². The molecule has 5 rings (SSSR count). The summed E-state index contributed by atoms with van der Waals surface area (Å²) in [5.74, 6) is 0.0948. The highest BCUT2D eigenvalue weighted by Crippen LogP contribution is 2.43. The van der Waals surface area contributed by atoms with Crippen molar-refractivity contribution in [2.75, 3.05) is 18.8 Å². The van der Waals surface area contributed by atoms with Gasteiger partial charge in [0, 0.05) is 18.5 Å². The van der Waals surface area contributed by atoms with E-state index < -0.39 is 0 Å². The Morgan fingerprint density at radius 2 is 1.85 bits per heavy atom. The molecule has 0 spiro atoms. The lowest BCUT2D eigenvalue weighted by molar-refractivity contribution is 0.0730. The van der Waals surface area contributed by atoms with Crippen LogP contribution >= 0.6 is 22.7 Å². The number of nitrogens with zero attached hydrogens (tertiary/aromatic N) is 2. The number of hydrogen-bond donors (Lipinski definition) is 1. The van der Waals surface area contributed by atoms with Crippen LogP contribution in [0.15, 0.2) is 17.5 Å². The summed E-state index contributed by atoms with van der Waals surface area (Å²) in [4.78, 5) is 22.9. The molecule has 1 saturated heterocycles. The van der Waals surface area contributed by atoms with Crippen molar-refractivity contribution in [3.05, 3.63) is 33.5 Å². The number of aromatic nitrogens is 1. The van der Waals surface area contributed by atoms with Gasteiger partial charge in [0.1, 0.15) is 9.71 Å². The van der Waals surface area contributed by atoms with Gasteiger partial charge >= 0.3 is 0 Å². The van der Waals surface area contributed by atoms with Crippen LogP contribution in [-0.4, -0.2) is 28.9 Å². The highest BCUT2D eigenvalue weighted by molar-refractivity contribution is 7.21. The van der Waals surface area contributed by atoms with E-state index in [1.165, 1.54) is 46.6 Å². The van der Waals surface area contributed by atoms with Gasteiger partial charge in [0.15, 0.2) is 0 Å². The molecule has 1 fully saturated rings. The van der Waals surface area contributed by atoms with Crippen molar-refractivity contribution in [2.45, 2.75) is 44.9 Å². The third-order valence-corrected chi connectivity index (χ3v) is 7.75. The van der Waals surface area contributed by atoms with Gasteiger partial charge in [-0.15, -0.1) is 22.7 Å². The van der Waals surface area contributed by atoms with Crippen molar-refractivity contribution in [2.24, 2.45) is 0 Å². The number of carbonyl (C=O) groups excluding carboxylic acids is 1. The maximum Gasteiger partial charge on any atom is 0.266 e. The molecule has 6 heteroatoms. The molecule has 2 N–H and O–H groups in total. The number of rotatable bonds is 2. The normalized spacial score (nSPS) is 17.3. The van der Waals surface area contributed by atoms with E-state index in [9.17, 15) is 4.79 Å². The maximum absolute atomic E-state index is 13.1. The molecule has 0 atom stereocenters. The van der Waals surface area contributed by atoms with Gasteiger partial charge < -0.3 is 10.6 Å². The predicted octanol–water partition coefficient (Wildman–Crippen LogP) is 5.11. The summed E-state index contributed by atoms with van der Waals surface area (Å²) in [6.07, 6.45) is 7.86. The highest BCUT2D eigenvalue weighted by atomic mass is 32.1. The Kier molecular flexibility index (Phi) is 4.40. The molecule has 4 nitrogen and oxygen atoms in total. The average molecular weight is 398 g/mol. The summed E-state index contributed by atoms with van der Waals surface area (Å²) in [6, 6.07) is 4.22. The summed E-state index contributed by atoms with van der Waals surface area (Å²) in [6.45, 7) is 1.69. The Bertz CT molecular complexity index is 1000. The number of hydrogen-bond acceptors (Lipinski definition) is 5. The first-order valence-corrected chi connectivity index (χ1v) is 11.5. The summed E-state index contributed by atoms with van der Waals surface area (Å²) in [5.41, 5.74) is 11.0. The Morgan fingerprint density at radius 1 is 1.07 bits per heavy atom. The molecule has 0 saturated carbocycles. The minimum absolute atomic E-state index is 0.0948. The molecule has 1 aliphatic carbocycles. The fraction of sp³-hybridized carbons (Fsp3) is 0.429. The lowest BCUT2D eigenvalue weighted by Crippen LogP contribution is -2.35. The Balaban J connectivity index is 1.68. The Labute approximate surface area is 167 Å². The van der Waals surface area contributed by atoms with Gasteiger partial charge in [-0.05, 0) is 67.5 Å². The zero-order valence-corrected chi connectivity index (χ0v) is 16.9. The minimum Gasteiger partial charge on any atom is -0.397 e. The average Bonchev–Trinajstić information content (AvgIpc) is 3.36. The summed E-state index contributed by atoms with van der Waals surface area (Å²) in [5, 5.41) is 3.15.